The molecule has 0 spiro atoms. The molecule has 0 bridgehead atoms. The van der Waals surface area contributed by atoms with Gasteiger partial charge in [-0.15, -0.1) is 10.2 Å². The Balaban J connectivity index is 1.41. The molecular weight excluding hydrogens is 338 g/mol. The summed E-state index contributed by atoms with van der Waals surface area (Å²) < 4.78 is 5.84. The molecule has 0 saturated carbocycles. The number of ether oxygens (including phenoxy) is 1. The molecule has 2 aromatic carbocycles. The number of hydrogen-bond acceptors (Lipinski definition) is 5. The number of allylic oxidation sites excluding steroid dienone is 2. The highest BCUT2D eigenvalue weighted by molar-refractivity contribution is 5.75. The molecule has 2 N–H and O–H groups in total. The van der Waals surface area contributed by atoms with Crippen LogP contribution in [0, 0.1) is 0 Å². The first kappa shape index (κ1) is 17.2. The van der Waals surface area contributed by atoms with Crippen LogP contribution in [0.3, 0.4) is 0 Å². The molecule has 136 valence electrons. The van der Waals surface area contributed by atoms with Gasteiger partial charge in [-0.3, -0.25) is 0 Å². The first-order valence-electron chi connectivity index (χ1n) is 8.86. The minimum absolute atomic E-state index is 0.357. The Labute approximate surface area is 158 Å². The lowest BCUT2D eigenvalue weighted by Gasteiger charge is -2.31. The number of aromatic amines is 1. The molecular formula is C21H21N5O. The minimum atomic E-state index is -0.357. The van der Waals surface area contributed by atoms with Crippen molar-refractivity contribution in [1.29, 1.82) is 0 Å². The third-order valence-corrected chi connectivity index (χ3v) is 4.83. The van der Waals surface area contributed by atoms with Gasteiger partial charge in [0, 0.05) is 31.3 Å². The smallest absolute Gasteiger partial charge is 0.204 e. The van der Waals surface area contributed by atoms with Crippen molar-refractivity contribution in [3.8, 4) is 11.4 Å². The summed E-state index contributed by atoms with van der Waals surface area (Å²) in [5.74, 6) is 0.587. The first-order chi connectivity index (χ1) is 13.3. The third-order valence-electron chi connectivity index (χ3n) is 4.83. The number of aromatic nitrogens is 4. The summed E-state index contributed by atoms with van der Waals surface area (Å²) in [5.41, 5.74) is 4.04. The highest BCUT2D eigenvalue weighted by Gasteiger charge is 2.28. The number of tetrazole rings is 1. The number of methoxy groups -OCH3 is 1. The van der Waals surface area contributed by atoms with Crippen molar-refractivity contribution in [1.82, 2.24) is 20.6 Å². The van der Waals surface area contributed by atoms with Crippen molar-refractivity contribution in [3.05, 3.63) is 78.4 Å². The number of benzene rings is 2. The summed E-state index contributed by atoms with van der Waals surface area (Å²) in [6, 6.07) is 18.3. The van der Waals surface area contributed by atoms with E-state index < -0.39 is 0 Å². The van der Waals surface area contributed by atoms with Crippen LogP contribution >= 0.6 is 0 Å². The monoisotopic (exact) mass is 359 g/mol. The molecule has 1 unspecified atom stereocenters. The standard InChI is InChI=1S/C21H21N5O/c1-27-21(13-11-17(12-14-21)16-5-3-2-4-6-16)15-22-19-9-7-18(8-10-19)20-23-25-26-24-20/h2-13,22H,14-15H2,1H3,(H,23,24,25,26). The lowest BCUT2D eigenvalue weighted by Crippen LogP contribution is -2.37. The van der Waals surface area contributed by atoms with Crippen LogP contribution in [-0.4, -0.2) is 39.9 Å². The summed E-state index contributed by atoms with van der Waals surface area (Å²) in [4.78, 5) is 0. The Bertz CT molecular complexity index is 932. The van der Waals surface area contributed by atoms with Crippen molar-refractivity contribution in [2.75, 3.05) is 19.0 Å². The summed E-state index contributed by atoms with van der Waals surface area (Å²) in [6.07, 6.45) is 7.34. The molecule has 3 aromatic rings. The predicted octanol–water partition coefficient (Wildman–Crippen LogP) is 3.71. The lowest BCUT2D eigenvalue weighted by molar-refractivity contribution is 0.0455. The van der Waals surface area contributed by atoms with E-state index in [1.807, 2.05) is 30.3 Å². The fourth-order valence-corrected chi connectivity index (χ4v) is 3.13. The van der Waals surface area contributed by atoms with Gasteiger partial charge in [-0.2, -0.15) is 5.21 Å². The fourth-order valence-electron chi connectivity index (χ4n) is 3.13. The summed E-state index contributed by atoms with van der Waals surface area (Å²) in [5, 5.41) is 17.5. The fraction of sp³-hybridized carbons (Fsp3) is 0.190. The van der Waals surface area contributed by atoms with Gasteiger partial charge < -0.3 is 10.1 Å². The minimum Gasteiger partial charge on any atom is -0.382 e. The topological polar surface area (TPSA) is 75.7 Å². The third kappa shape index (κ3) is 3.80. The Hall–Kier alpha value is -3.25. The molecule has 1 aromatic heterocycles. The molecule has 1 aliphatic rings. The van der Waals surface area contributed by atoms with E-state index in [1.54, 1.807) is 7.11 Å². The van der Waals surface area contributed by atoms with Gasteiger partial charge in [0.1, 0.15) is 5.60 Å². The zero-order valence-electron chi connectivity index (χ0n) is 15.1. The predicted molar refractivity (Wildman–Crippen MR) is 106 cm³/mol. The molecule has 0 amide bonds. The average Bonchev–Trinajstić information content (AvgIpc) is 3.29. The highest BCUT2D eigenvalue weighted by Crippen LogP contribution is 2.29. The number of nitrogens with zero attached hydrogens (tertiary/aromatic N) is 3. The quantitative estimate of drug-likeness (QED) is 0.702. The molecule has 0 radical (unpaired) electrons. The van der Waals surface area contributed by atoms with Gasteiger partial charge in [-0.1, -0.05) is 48.6 Å². The second kappa shape index (κ2) is 7.55. The Morgan fingerprint density at radius 3 is 2.52 bits per heavy atom. The summed E-state index contributed by atoms with van der Waals surface area (Å²) in [7, 11) is 1.76. The maximum absolute atomic E-state index is 5.84. The van der Waals surface area contributed by atoms with E-state index in [0.29, 0.717) is 12.4 Å². The van der Waals surface area contributed by atoms with Crippen molar-refractivity contribution in [3.63, 3.8) is 0 Å². The molecule has 1 heterocycles. The van der Waals surface area contributed by atoms with Crippen molar-refractivity contribution in [2.24, 2.45) is 0 Å². The molecule has 27 heavy (non-hydrogen) atoms. The van der Waals surface area contributed by atoms with Crippen LogP contribution in [-0.2, 0) is 4.74 Å². The van der Waals surface area contributed by atoms with Crippen LogP contribution in [0.1, 0.15) is 12.0 Å². The van der Waals surface area contributed by atoms with Crippen LogP contribution in [0.15, 0.2) is 72.8 Å². The van der Waals surface area contributed by atoms with Crippen LogP contribution in [0.4, 0.5) is 5.69 Å². The van der Waals surface area contributed by atoms with Crippen LogP contribution in [0.25, 0.3) is 17.0 Å². The van der Waals surface area contributed by atoms with Crippen molar-refractivity contribution in [2.45, 2.75) is 12.0 Å². The van der Waals surface area contributed by atoms with Gasteiger partial charge in [0.15, 0.2) is 0 Å². The van der Waals surface area contributed by atoms with E-state index in [4.69, 9.17) is 4.74 Å². The van der Waals surface area contributed by atoms with Gasteiger partial charge >= 0.3 is 0 Å². The maximum Gasteiger partial charge on any atom is 0.204 e. The van der Waals surface area contributed by atoms with E-state index in [-0.39, 0.29) is 5.60 Å². The Morgan fingerprint density at radius 2 is 1.89 bits per heavy atom. The van der Waals surface area contributed by atoms with Gasteiger partial charge in [0.05, 0.1) is 0 Å². The molecule has 1 atom stereocenters. The van der Waals surface area contributed by atoms with E-state index in [1.165, 1.54) is 11.1 Å². The number of H-pyrrole nitrogens is 1. The van der Waals surface area contributed by atoms with Crippen LogP contribution < -0.4 is 5.32 Å². The second-order valence-corrected chi connectivity index (χ2v) is 6.50. The van der Waals surface area contributed by atoms with E-state index >= 15 is 0 Å². The van der Waals surface area contributed by atoms with Gasteiger partial charge in [0.25, 0.3) is 0 Å². The molecule has 4 rings (SSSR count). The molecule has 6 nitrogen and oxygen atoms in total. The Morgan fingerprint density at radius 1 is 1.07 bits per heavy atom. The second-order valence-electron chi connectivity index (χ2n) is 6.50. The average molecular weight is 359 g/mol. The van der Waals surface area contributed by atoms with E-state index in [2.05, 4.69) is 68.4 Å². The van der Waals surface area contributed by atoms with Crippen molar-refractivity contribution < 1.29 is 4.74 Å². The van der Waals surface area contributed by atoms with Gasteiger partial charge in [0.2, 0.25) is 5.82 Å². The van der Waals surface area contributed by atoms with E-state index in [0.717, 1.165) is 17.7 Å². The number of hydrogen-bond donors (Lipinski definition) is 2. The number of rotatable bonds is 6. The van der Waals surface area contributed by atoms with Crippen molar-refractivity contribution >= 4 is 11.3 Å². The van der Waals surface area contributed by atoms with Gasteiger partial charge in [-0.25, -0.2) is 0 Å². The molecule has 0 aliphatic heterocycles. The maximum atomic E-state index is 5.84. The highest BCUT2D eigenvalue weighted by atomic mass is 16.5. The lowest BCUT2D eigenvalue weighted by atomic mass is 9.89. The first-order valence-corrected chi connectivity index (χ1v) is 8.86. The molecule has 6 heteroatoms. The normalized spacial score (nSPS) is 18.9. The SMILES string of the molecule is COC1(CNc2ccc(-c3nn[nH]n3)cc2)C=CC(c2ccccc2)=CC1. The van der Waals surface area contributed by atoms with Gasteiger partial charge in [-0.05, 0) is 40.6 Å². The zero-order valence-corrected chi connectivity index (χ0v) is 15.1. The number of anilines is 1. The largest absolute Gasteiger partial charge is 0.382 e. The molecule has 0 fully saturated rings. The summed E-state index contributed by atoms with van der Waals surface area (Å²) in [6.45, 7) is 0.681. The number of nitrogens with one attached hydrogen (secondary N) is 2. The van der Waals surface area contributed by atoms with E-state index in [9.17, 15) is 0 Å². The Kier molecular flexibility index (Phi) is 4.80. The van der Waals surface area contributed by atoms with Crippen LogP contribution in [0.2, 0.25) is 0 Å². The summed E-state index contributed by atoms with van der Waals surface area (Å²) >= 11 is 0. The van der Waals surface area contributed by atoms with Crippen LogP contribution in [0.5, 0.6) is 0 Å². The zero-order chi connectivity index (χ0) is 18.5. The molecule has 0 saturated heterocycles. The molecule has 1 aliphatic carbocycles.